The van der Waals surface area contributed by atoms with Gasteiger partial charge in [-0.05, 0) is 26.9 Å². The summed E-state index contributed by atoms with van der Waals surface area (Å²) in [5.41, 5.74) is 0. The molecule has 0 bridgehead atoms. The summed E-state index contributed by atoms with van der Waals surface area (Å²) in [4.78, 5) is 2.00. The van der Waals surface area contributed by atoms with Crippen LogP contribution in [0.4, 0.5) is 0 Å². The lowest BCUT2D eigenvalue weighted by Gasteiger charge is -2.24. The van der Waals surface area contributed by atoms with E-state index in [-0.39, 0.29) is 6.41 Å². The molecule has 0 aliphatic rings. The Morgan fingerprint density at radius 3 is 1.50 bits per heavy atom. The lowest BCUT2D eigenvalue weighted by atomic mass is 10.2. The maximum atomic E-state index is 5.76. The highest BCUT2D eigenvalue weighted by Gasteiger charge is 2.11. The van der Waals surface area contributed by atoms with Crippen molar-refractivity contribution in [2.75, 3.05) is 27.3 Å². The highest BCUT2D eigenvalue weighted by Crippen LogP contribution is 2.06. The van der Waals surface area contributed by atoms with Crippen LogP contribution in [0, 0.1) is 0 Å². The van der Waals surface area contributed by atoms with E-state index in [1.807, 2.05) is 19.0 Å². The molecule has 0 radical (unpaired) electrons. The van der Waals surface area contributed by atoms with E-state index in [1.54, 1.807) is 0 Å². The van der Waals surface area contributed by atoms with Gasteiger partial charge in [-0.15, -0.1) is 0 Å². The minimum Gasteiger partial charge on any atom is -0.340 e. The Hall–Kier alpha value is -0.120. The molecular weight excluding hydrogens is 226 g/mol. The standard InChI is InChI=1S/C15H33NO2/c1-5-7-9-11-13-17-15(16(3)4)18-14-12-10-8-6-2/h15H,5-14H2,1-4H3. The van der Waals surface area contributed by atoms with Gasteiger partial charge in [0.1, 0.15) is 0 Å². The summed E-state index contributed by atoms with van der Waals surface area (Å²) < 4.78 is 11.5. The molecule has 0 spiro atoms. The lowest BCUT2D eigenvalue weighted by molar-refractivity contribution is -0.212. The van der Waals surface area contributed by atoms with Gasteiger partial charge >= 0.3 is 0 Å². The Bertz CT molecular complexity index is 149. The number of ether oxygens (including phenoxy) is 2. The molecule has 0 atom stereocenters. The van der Waals surface area contributed by atoms with E-state index in [1.165, 1.54) is 38.5 Å². The summed E-state index contributed by atoms with van der Waals surface area (Å²) >= 11 is 0. The van der Waals surface area contributed by atoms with E-state index in [0.29, 0.717) is 0 Å². The van der Waals surface area contributed by atoms with E-state index in [4.69, 9.17) is 9.47 Å². The lowest BCUT2D eigenvalue weighted by Crippen LogP contribution is -2.34. The Morgan fingerprint density at radius 1 is 0.722 bits per heavy atom. The third-order valence-corrected chi connectivity index (χ3v) is 2.94. The van der Waals surface area contributed by atoms with E-state index in [9.17, 15) is 0 Å². The first-order valence-electron chi connectivity index (χ1n) is 7.62. The van der Waals surface area contributed by atoms with Crippen LogP contribution in [0.2, 0.25) is 0 Å². The molecule has 110 valence electrons. The Labute approximate surface area is 114 Å². The predicted octanol–water partition coefficient (Wildman–Crippen LogP) is 4.03. The number of rotatable bonds is 13. The minimum absolute atomic E-state index is 0.173. The third kappa shape index (κ3) is 11.0. The van der Waals surface area contributed by atoms with Crippen molar-refractivity contribution in [1.82, 2.24) is 4.90 Å². The van der Waals surface area contributed by atoms with Gasteiger partial charge in [-0.25, -0.2) is 0 Å². The Kier molecular flexibility index (Phi) is 13.2. The average molecular weight is 259 g/mol. The summed E-state index contributed by atoms with van der Waals surface area (Å²) in [6, 6.07) is 0. The summed E-state index contributed by atoms with van der Waals surface area (Å²) in [5, 5.41) is 0. The van der Waals surface area contributed by atoms with E-state index in [0.717, 1.165) is 26.1 Å². The Balaban J connectivity index is 3.53. The number of unbranched alkanes of at least 4 members (excludes halogenated alkanes) is 6. The first-order chi connectivity index (χ1) is 8.72. The van der Waals surface area contributed by atoms with Crippen LogP contribution in [0.25, 0.3) is 0 Å². The fraction of sp³-hybridized carbons (Fsp3) is 1.00. The molecule has 0 unspecified atom stereocenters. The van der Waals surface area contributed by atoms with Gasteiger partial charge in [-0.2, -0.15) is 0 Å². The molecule has 0 rings (SSSR count). The fourth-order valence-corrected chi connectivity index (χ4v) is 1.77. The first kappa shape index (κ1) is 17.9. The van der Waals surface area contributed by atoms with Crippen molar-refractivity contribution in [3.8, 4) is 0 Å². The Morgan fingerprint density at radius 2 is 1.17 bits per heavy atom. The monoisotopic (exact) mass is 259 g/mol. The smallest absolute Gasteiger partial charge is 0.218 e. The molecule has 18 heavy (non-hydrogen) atoms. The fourth-order valence-electron chi connectivity index (χ4n) is 1.77. The largest absolute Gasteiger partial charge is 0.340 e. The highest BCUT2D eigenvalue weighted by atomic mass is 16.7. The van der Waals surface area contributed by atoms with Crippen molar-refractivity contribution in [3.05, 3.63) is 0 Å². The maximum Gasteiger partial charge on any atom is 0.218 e. The number of hydrogen-bond donors (Lipinski definition) is 0. The van der Waals surface area contributed by atoms with Crippen molar-refractivity contribution in [1.29, 1.82) is 0 Å². The molecule has 0 N–H and O–H groups in total. The van der Waals surface area contributed by atoms with Crippen LogP contribution in [0.15, 0.2) is 0 Å². The van der Waals surface area contributed by atoms with Gasteiger partial charge in [0.2, 0.25) is 6.41 Å². The van der Waals surface area contributed by atoms with Gasteiger partial charge in [0.25, 0.3) is 0 Å². The summed E-state index contributed by atoms with van der Waals surface area (Å²) in [5.74, 6) is 0. The van der Waals surface area contributed by atoms with Gasteiger partial charge in [-0.3, -0.25) is 4.90 Å². The molecule has 0 aliphatic carbocycles. The number of hydrogen-bond acceptors (Lipinski definition) is 3. The number of nitrogens with zero attached hydrogens (tertiary/aromatic N) is 1. The van der Waals surface area contributed by atoms with Crippen LogP contribution in [0.5, 0.6) is 0 Å². The molecule has 0 aromatic rings. The van der Waals surface area contributed by atoms with Gasteiger partial charge in [0.15, 0.2) is 0 Å². The second-order valence-corrected chi connectivity index (χ2v) is 5.13. The molecule has 0 aromatic heterocycles. The summed E-state index contributed by atoms with van der Waals surface area (Å²) in [6.45, 7) is 6.06. The highest BCUT2D eigenvalue weighted by molar-refractivity contribution is 4.45. The molecule has 0 saturated heterocycles. The van der Waals surface area contributed by atoms with Crippen molar-refractivity contribution in [3.63, 3.8) is 0 Å². The second kappa shape index (κ2) is 13.3. The summed E-state index contributed by atoms with van der Waals surface area (Å²) in [7, 11) is 4.01. The van der Waals surface area contributed by atoms with Gasteiger partial charge in [-0.1, -0.05) is 52.4 Å². The maximum absolute atomic E-state index is 5.76. The van der Waals surface area contributed by atoms with Crippen LogP contribution in [0.3, 0.4) is 0 Å². The quantitative estimate of drug-likeness (QED) is 0.368. The molecule has 0 aliphatic heterocycles. The molecule has 0 amide bonds. The zero-order valence-corrected chi connectivity index (χ0v) is 12.9. The van der Waals surface area contributed by atoms with Crippen LogP contribution in [0.1, 0.15) is 65.2 Å². The van der Waals surface area contributed by atoms with Crippen LogP contribution < -0.4 is 0 Å². The molecule has 0 saturated carbocycles. The van der Waals surface area contributed by atoms with E-state index >= 15 is 0 Å². The van der Waals surface area contributed by atoms with Crippen LogP contribution in [-0.2, 0) is 9.47 Å². The van der Waals surface area contributed by atoms with Crippen LogP contribution >= 0.6 is 0 Å². The molecule has 3 nitrogen and oxygen atoms in total. The van der Waals surface area contributed by atoms with Gasteiger partial charge in [0, 0.05) is 0 Å². The predicted molar refractivity (Wildman–Crippen MR) is 77.7 cm³/mol. The minimum atomic E-state index is -0.173. The zero-order chi connectivity index (χ0) is 13.6. The SMILES string of the molecule is CCCCCCOC(OCCCCCC)N(C)C. The van der Waals surface area contributed by atoms with Crippen molar-refractivity contribution in [2.45, 2.75) is 71.6 Å². The molecule has 0 fully saturated rings. The van der Waals surface area contributed by atoms with Crippen molar-refractivity contribution in [2.24, 2.45) is 0 Å². The van der Waals surface area contributed by atoms with Crippen LogP contribution in [-0.4, -0.2) is 38.6 Å². The topological polar surface area (TPSA) is 21.7 Å². The van der Waals surface area contributed by atoms with Gasteiger partial charge < -0.3 is 9.47 Å². The normalized spacial score (nSPS) is 11.7. The zero-order valence-electron chi connectivity index (χ0n) is 12.9. The molecule has 0 aromatic carbocycles. The van der Waals surface area contributed by atoms with Crippen molar-refractivity contribution >= 4 is 0 Å². The molecule has 3 heteroatoms. The van der Waals surface area contributed by atoms with Gasteiger partial charge in [0.05, 0.1) is 13.2 Å². The molecular formula is C15H33NO2. The third-order valence-electron chi connectivity index (χ3n) is 2.94. The second-order valence-electron chi connectivity index (χ2n) is 5.13. The average Bonchev–Trinajstić information content (AvgIpc) is 2.35. The van der Waals surface area contributed by atoms with Crippen molar-refractivity contribution < 1.29 is 9.47 Å². The first-order valence-corrected chi connectivity index (χ1v) is 7.62. The van der Waals surface area contributed by atoms with E-state index < -0.39 is 0 Å². The molecule has 0 heterocycles. The van der Waals surface area contributed by atoms with E-state index in [2.05, 4.69) is 13.8 Å². The summed E-state index contributed by atoms with van der Waals surface area (Å²) in [6.07, 6.45) is 9.75.